The lowest BCUT2D eigenvalue weighted by molar-refractivity contribution is -0.384. The number of halogens is 1. The lowest BCUT2D eigenvalue weighted by atomic mass is 10.1. The third-order valence-electron chi connectivity index (χ3n) is 5.64. The van der Waals surface area contributed by atoms with Crippen molar-refractivity contribution < 1.29 is 9.72 Å². The number of anilines is 1. The number of carbonyl (C=O) groups is 1. The van der Waals surface area contributed by atoms with Crippen LogP contribution in [0.3, 0.4) is 0 Å². The number of nitrogens with zero attached hydrogens (tertiary/aromatic N) is 3. The number of nitro benzene ring substituents is 1. The molecule has 0 aliphatic carbocycles. The number of rotatable bonds is 4. The highest BCUT2D eigenvalue weighted by Crippen LogP contribution is 2.29. The zero-order valence-corrected chi connectivity index (χ0v) is 18.5. The summed E-state index contributed by atoms with van der Waals surface area (Å²) in [6.07, 6.45) is 2.52. The van der Waals surface area contributed by atoms with E-state index in [0.717, 1.165) is 11.1 Å². The van der Waals surface area contributed by atoms with Gasteiger partial charge < -0.3 is 5.32 Å². The molecule has 0 spiro atoms. The van der Waals surface area contributed by atoms with Crippen LogP contribution < -0.4 is 10.9 Å². The van der Waals surface area contributed by atoms with E-state index in [1.807, 2.05) is 24.3 Å². The lowest BCUT2D eigenvalue weighted by Crippen LogP contribution is -2.20. The molecular weight excluding hydrogens is 456 g/mol. The first-order valence-electron chi connectivity index (χ1n) is 10.5. The molecule has 1 N–H and O–H groups in total. The average molecular weight is 473 g/mol. The first kappa shape index (κ1) is 21.5. The molecule has 1 aliphatic rings. The summed E-state index contributed by atoms with van der Waals surface area (Å²) in [5.74, 6) is 0.229. The van der Waals surface area contributed by atoms with Crippen LogP contribution in [0.25, 0.3) is 22.6 Å². The summed E-state index contributed by atoms with van der Waals surface area (Å²) in [6, 6.07) is 18.2. The van der Waals surface area contributed by atoms with Gasteiger partial charge >= 0.3 is 0 Å². The smallest absolute Gasteiger partial charge is 0.270 e. The number of carbonyl (C=O) groups excluding carboxylic acids is 1. The van der Waals surface area contributed by atoms with Crippen molar-refractivity contribution in [3.05, 3.63) is 109 Å². The number of non-ortho nitro benzene ring substituents is 1. The molecule has 2 heterocycles. The van der Waals surface area contributed by atoms with Crippen LogP contribution in [0.2, 0.25) is 5.02 Å². The summed E-state index contributed by atoms with van der Waals surface area (Å²) < 4.78 is 1.54. The molecule has 0 unspecified atom stereocenters. The Hall–Kier alpha value is -4.30. The molecule has 1 amide bonds. The highest BCUT2D eigenvalue weighted by molar-refractivity contribution is 6.34. The predicted octanol–water partition coefficient (Wildman–Crippen LogP) is 5.15. The minimum absolute atomic E-state index is 0.142. The van der Waals surface area contributed by atoms with Gasteiger partial charge in [-0.15, -0.1) is 0 Å². The largest absolute Gasteiger partial charge is 0.322 e. The van der Waals surface area contributed by atoms with Crippen molar-refractivity contribution in [2.75, 3.05) is 5.32 Å². The van der Waals surface area contributed by atoms with Crippen molar-refractivity contribution in [3.63, 3.8) is 0 Å². The second-order valence-corrected chi connectivity index (χ2v) is 8.24. The fourth-order valence-electron chi connectivity index (χ4n) is 4.01. The third kappa shape index (κ3) is 3.95. The van der Waals surface area contributed by atoms with Crippen LogP contribution in [0, 0.1) is 10.1 Å². The van der Waals surface area contributed by atoms with E-state index in [4.69, 9.17) is 11.6 Å². The van der Waals surface area contributed by atoms with E-state index < -0.39 is 4.92 Å². The van der Waals surface area contributed by atoms with E-state index >= 15 is 0 Å². The normalized spacial score (nSPS) is 13.7. The molecule has 1 aliphatic heterocycles. The minimum Gasteiger partial charge on any atom is -0.322 e. The maximum absolute atomic E-state index is 12.9. The van der Waals surface area contributed by atoms with E-state index in [2.05, 4.69) is 10.3 Å². The molecule has 0 atom stereocenters. The van der Waals surface area contributed by atoms with Crippen LogP contribution in [0.1, 0.15) is 28.2 Å². The standard InChI is InChI=1S/C25H17ClN4O4/c26-21-7-2-1-6-19(21)24(31)27-17-5-3-4-15(13-17)12-16-10-11-29-23(16)28-22-9-8-18(30(33)34)14-20(22)25(29)32/h1-9,12-14H,10-11H2,(H,27,31)/b16-12-. The monoisotopic (exact) mass is 472 g/mol. The van der Waals surface area contributed by atoms with Gasteiger partial charge in [-0.05, 0) is 54.0 Å². The van der Waals surface area contributed by atoms with Crippen molar-refractivity contribution in [3.8, 4) is 0 Å². The van der Waals surface area contributed by atoms with E-state index in [0.29, 0.717) is 40.6 Å². The van der Waals surface area contributed by atoms with Gasteiger partial charge in [0.1, 0.15) is 5.82 Å². The molecule has 0 saturated heterocycles. The third-order valence-corrected chi connectivity index (χ3v) is 5.97. The van der Waals surface area contributed by atoms with Gasteiger partial charge in [-0.3, -0.25) is 24.3 Å². The maximum atomic E-state index is 12.9. The Morgan fingerprint density at radius 3 is 2.74 bits per heavy atom. The fourth-order valence-corrected chi connectivity index (χ4v) is 4.23. The van der Waals surface area contributed by atoms with Crippen molar-refractivity contribution in [1.29, 1.82) is 0 Å². The predicted molar refractivity (Wildman–Crippen MR) is 131 cm³/mol. The van der Waals surface area contributed by atoms with Gasteiger partial charge in [0.2, 0.25) is 0 Å². The molecule has 8 nitrogen and oxygen atoms in total. The Labute approximate surface area is 198 Å². The molecule has 5 rings (SSSR count). The Bertz CT molecular complexity index is 1580. The molecule has 9 heteroatoms. The number of aromatic nitrogens is 2. The van der Waals surface area contributed by atoms with Crippen LogP contribution in [0.15, 0.2) is 71.5 Å². The summed E-state index contributed by atoms with van der Waals surface area (Å²) in [4.78, 5) is 40.7. The molecular formula is C25H17ClN4O4. The summed E-state index contributed by atoms with van der Waals surface area (Å²) in [6.45, 7) is 0.439. The van der Waals surface area contributed by atoms with Crippen molar-refractivity contribution >= 4 is 51.4 Å². The molecule has 4 aromatic rings. The average Bonchev–Trinajstić information content (AvgIpc) is 3.22. The molecule has 0 fully saturated rings. The second kappa shape index (κ2) is 8.57. The Kier molecular flexibility index (Phi) is 5.43. The number of nitrogens with one attached hydrogen (secondary N) is 1. The van der Waals surface area contributed by atoms with Crippen LogP contribution >= 0.6 is 11.6 Å². The van der Waals surface area contributed by atoms with Crippen molar-refractivity contribution in [2.45, 2.75) is 13.0 Å². The highest BCUT2D eigenvalue weighted by Gasteiger charge is 2.22. The Morgan fingerprint density at radius 2 is 1.94 bits per heavy atom. The maximum Gasteiger partial charge on any atom is 0.270 e. The summed E-state index contributed by atoms with van der Waals surface area (Å²) in [7, 11) is 0. The van der Waals surface area contributed by atoms with Gasteiger partial charge in [0.15, 0.2) is 0 Å². The van der Waals surface area contributed by atoms with Gasteiger partial charge in [0, 0.05) is 24.4 Å². The Morgan fingerprint density at radius 1 is 1.12 bits per heavy atom. The molecule has 34 heavy (non-hydrogen) atoms. The van der Waals surface area contributed by atoms with E-state index in [1.54, 1.807) is 34.9 Å². The minimum atomic E-state index is -0.528. The first-order valence-corrected chi connectivity index (χ1v) is 10.8. The lowest BCUT2D eigenvalue weighted by Gasteiger charge is -2.08. The van der Waals surface area contributed by atoms with Gasteiger partial charge in [-0.1, -0.05) is 35.9 Å². The van der Waals surface area contributed by atoms with Crippen molar-refractivity contribution in [2.24, 2.45) is 0 Å². The molecule has 0 radical (unpaired) electrons. The van der Waals surface area contributed by atoms with Gasteiger partial charge in [0.25, 0.3) is 17.2 Å². The number of amides is 1. The van der Waals surface area contributed by atoms with Crippen LogP contribution in [-0.2, 0) is 6.54 Å². The summed E-state index contributed by atoms with van der Waals surface area (Å²) in [5, 5.41) is 14.5. The van der Waals surface area contributed by atoms with Crippen LogP contribution in [0.5, 0.6) is 0 Å². The molecule has 3 aromatic carbocycles. The topological polar surface area (TPSA) is 107 Å². The van der Waals surface area contributed by atoms with E-state index in [-0.39, 0.29) is 22.5 Å². The second-order valence-electron chi connectivity index (χ2n) is 7.83. The molecule has 1 aromatic heterocycles. The number of hydrogen-bond donors (Lipinski definition) is 1. The number of benzene rings is 3. The molecule has 168 valence electrons. The van der Waals surface area contributed by atoms with E-state index in [1.165, 1.54) is 18.2 Å². The number of nitro groups is 1. The number of fused-ring (bicyclic) bond motifs is 2. The van der Waals surface area contributed by atoms with Crippen LogP contribution in [-0.4, -0.2) is 20.4 Å². The first-order chi connectivity index (χ1) is 16.4. The van der Waals surface area contributed by atoms with Crippen LogP contribution in [0.4, 0.5) is 11.4 Å². The van der Waals surface area contributed by atoms with Gasteiger partial charge in [-0.25, -0.2) is 4.98 Å². The van der Waals surface area contributed by atoms with Gasteiger partial charge in [0.05, 0.1) is 26.4 Å². The quantitative estimate of drug-likeness (QED) is 0.326. The molecule has 0 bridgehead atoms. The highest BCUT2D eigenvalue weighted by atomic mass is 35.5. The fraction of sp³-hybridized carbons (Fsp3) is 0.0800. The summed E-state index contributed by atoms with van der Waals surface area (Å²) >= 11 is 6.12. The number of hydrogen-bond acceptors (Lipinski definition) is 5. The molecule has 0 saturated carbocycles. The van der Waals surface area contributed by atoms with Gasteiger partial charge in [-0.2, -0.15) is 0 Å². The van der Waals surface area contributed by atoms with Crippen molar-refractivity contribution in [1.82, 2.24) is 9.55 Å². The summed E-state index contributed by atoms with van der Waals surface area (Å²) in [5.41, 5.74) is 2.66. The SMILES string of the molecule is O=C(Nc1cccc(/C=C2/CCn3c2nc2ccc([N+](=O)[O-])cc2c3=O)c1)c1ccccc1Cl. The zero-order chi connectivity index (χ0) is 23.8. The Balaban J connectivity index is 1.47. The van der Waals surface area contributed by atoms with E-state index in [9.17, 15) is 19.7 Å². The number of allylic oxidation sites excluding steroid dienone is 1. The zero-order valence-electron chi connectivity index (χ0n) is 17.7.